The number of nitrogens with one attached hydrogen (secondary N) is 2. The van der Waals surface area contributed by atoms with Crippen molar-refractivity contribution >= 4 is 6.09 Å². The maximum absolute atomic E-state index is 11.6. The van der Waals surface area contributed by atoms with Gasteiger partial charge in [0.25, 0.3) is 0 Å². The van der Waals surface area contributed by atoms with Gasteiger partial charge in [-0.1, -0.05) is 25.5 Å². The van der Waals surface area contributed by atoms with E-state index in [0.717, 1.165) is 19.5 Å². The first-order valence-corrected chi connectivity index (χ1v) is 6.58. The van der Waals surface area contributed by atoms with Crippen LogP contribution in [0.2, 0.25) is 0 Å². The molecular weight excluding hydrogens is 228 g/mol. The molecule has 1 aliphatic rings. The molecule has 18 heavy (non-hydrogen) atoms. The second-order valence-corrected chi connectivity index (χ2v) is 6.42. The van der Waals surface area contributed by atoms with Crippen LogP contribution in [-0.4, -0.2) is 31.3 Å². The molecule has 1 heterocycles. The summed E-state index contributed by atoms with van der Waals surface area (Å²) in [5.41, 5.74) is 0.943. The lowest BCUT2D eigenvalue weighted by Gasteiger charge is -2.31. The monoisotopic (exact) mass is 254 g/mol. The Labute approximate surface area is 110 Å². The highest BCUT2D eigenvalue weighted by Gasteiger charge is 2.26. The van der Waals surface area contributed by atoms with Gasteiger partial charge in [-0.2, -0.15) is 0 Å². The molecule has 4 heteroatoms. The number of carbonyl (C=O) groups is 1. The second kappa shape index (κ2) is 5.74. The van der Waals surface area contributed by atoms with Gasteiger partial charge in [0.2, 0.25) is 0 Å². The summed E-state index contributed by atoms with van der Waals surface area (Å²) in [4.78, 5) is 11.6. The number of alkyl carbamates (subject to hydrolysis) is 1. The smallest absolute Gasteiger partial charge is 0.407 e. The van der Waals surface area contributed by atoms with Crippen LogP contribution in [0.5, 0.6) is 0 Å². The van der Waals surface area contributed by atoms with Crippen molar-refractivity contribution in [3.63, 3.8) is 0 Å². The topological polar surface area (TPSA) is 50.4 Å². The van der Waals surface area contributed by atoms with Gasteiger partial charge in [0.1, 0.15) is 5.60 Å². The summed E-state index contributed by atoms with van der Waals surface area (Å²) in [5, 5.41) is 6.15. The minimum Gasteiger partial charge on any atom is -0.444 e. The molecule has 0 spiro atoms. The fourth-order valence-electron chi connectivity index (χ4n) is 1.96. The maximum Gasteiger partial charge on any atom is 0.407 e. The number of amides is 1. The van der Waals surface area contributed by atoms with Gasteiger partial charge in [0, 0.05) is 18.5 Å². The van der Waals surface area contributed by atoms with Gasteiger partial charge < -0.3 is 15.4 Å². The summed E-state index contributed by atoms with van der Waals surface area (Å²) in [6, 6.07) is 0. The van der Waals surface area contributed by atoms with Crippen LogP contribution in [0.15, 0.2) is 11.6 Å². The van der Waals surface area contributed by atoms with Gasteiger partial charge in [0.05, 0.1) is 0 Å². The Balaban J connectivity index is 2.46. The van der Waals surface area contributed by atoms with Gasteiger partial charge >= 0.3 is 6.09 Å². The van der Waals surface area contributed by atoms with Crippen LogP contribution in [0, 0.1) is 5.41 Å². The molecule has 0 unspecified atom stereocenters. The van der Waals surface area contributed by atoms with Crippen molar-refractivity contribution in [1.29, 1.82) is 0 Å². The van der Waals surface area contributed by atoms with Crippen molar-refractivity contribution in [3.05, 3.63) is 11.6 Å². The van der Waals surface area contributed by atoms with Gasteiger partial charge in [-0.05, 0) is 33.7 Å². The normalized spacial score (nSPS) is 17.1. The van der Waals surface area contributed by atoms with E-state index in [2.05, 4.69) is 30.6 Å². The Kier molecular flexibility index (Phi) is 4.79. The lowest BCUT2D eigenvalue weighted by atomic mass is 9.81. The summed E-state index contributed by atoms with van der Waals surface area (Å²) in [5.74, 6) is 0. The Morgan fingerprint density at radius 2 is 2.06 bits per heavy atom. The van der Waals surface area contributed by atoms with Gasteiger partial charge in [-0.15, -0.1) is 0 Å². The van der Waals surface area contributed by atoms with Crippen molar-refractivity contribution in [2.45, 2.75) is 46.6 Å². The Morgan fingerprint density at radius 1 is 1.39 bits per heavy atom. The molecule has 1 rings (SSSR count). The number of ether oxygens (including phenoxy) is 1. The molecule has 4 nitrogen and oxygen atoms in total. The fraction of sp³-hybridized carbons (Fsp3) is 0.786. The first-order valence-electron chi connectivity index (χ1n) is 6.58. The molecule has 0 saturated heterocycles. The Bertz CT molecular complexity index is 327. The van der Waals surface area contributed by atoms with Crippen LogP contribution in [0.4, 0.5) is 4.79 Å². The molecular formula is C14H26N2O2. The van der Waals surface area contributed by atoms with E-state index in [-0.39, 0.29) is 11.5 Å². The molecule has 1 amide bonds. The molecule has 1 aliphatic heterocycles. The van der Waals surface area contributed by atoms with E-state index in [1.807, 2.05) is 20.8 Å². The molecule has 0 aromatic heterocycles. The van der Waals surface area contributed by atoms with Gasteiger partial charge in [-0.25, -0.2) is 4.79 Å². The SMILES string of the molecule is CC(C)(C)OC(=O)NCC(C)(C)C1=CCNCC1. The summed E-state index contributed by atoms with van der Waals surface area (Å²) in [7, 11) is 0. The van der Waals surface area contributed by atoms with Gasteiger partial charge in [-0.3, -0.25) is 0 Å². The lowest BCUT2D eigenvalue weighted by molar-refractivity contribution is 0.0512. The molecule has 0 radical (unpaired) electrons. The van der Waals surface area contributed by atoms with E-state index >= 15 is 0 Å². The van der Waals surface area contributed by atoms with E-state index in [9.17, 15) is 4.79 Å². The number of hydrogen-bond donors (Lipinski definition) is 2. The third-order valence-corrected chi connectivity index (χ3v) is 3.01. The Hall–Kier alpha value is -1.03. The highest BCUT2D eigenvalue weighted by molar-refractivity contribution is 5.67. The second-order valence-electron chi connectivity index (χ2n) is 6.42. The summed E-state index contributed by atoms with van der Waals surface area (Å²) in [6.07, 6.45) is 2.92. The Morgan fingerprint density at radius 3 is 2.56 bits per heavy atom. The van der Waals surface area contributed by atoms with E-state index in [1.54, 1.807) is 0 Å². The van der Waals surface area contributed by atoms with Crippen molar-refractivity contribution in [2.75, 3.05) is 19.6 Å². The molecule has 0 fully saturated rings. The predicted octanol–water partition coefficient (Wildman–Crippen LogP) is 2.46. The number of rotatable bonds is 3. The first-order chi connectivity index (χ1) is 8.21. The van der Waals surface area contributed by atoms with Crippen LogP contribution >= 0.6 is 0 Å². The van der Waals surface area contributed by atoms with E-state index < -0.39 is 5.60 Å². The van der Waals surface area contributed by atoms with E-state index in [4.69, 9.17) is 4.74 Å². The summed E-state index contributed by atoms with van der Waals surface area (Å²) < 4.78 is 5.24. The average Bonchev–Trinajstić information content (AvgIpc) is 2.26. The van der Waals surface area contributed by atoms with Crippen molar-refractivity contribution < 1.29 is 9.53 Å². The third kappa shape index (κ3) is 5.08. The minimum atomic E-state index is -0.442. The molecule has 104 valence electrons. The molecule has 0 bridgehead atoms. The van der Waals surface area contributed by atoms with E-state index in [1.165, 1.54) is 5.57 Å². The van der Waals surface area contributed by atoms with E-state index in [0.29, 0.717) is 6.54 Å². The highest BCUT2D eigenvalue weighted by Crippen LogP contribution is 2.28. The highest BCUT2D eigenvalue weighted by atomic mass is 16.6. The lowest BCUT2D eigenvalue weighted by Crippen LogP contribution is -2.40. The van der Waals surface area contributed by atoms with Crippen molar-refractivity contribution in [2.24, 2.45) is 5.41 Å². The zero-order valence-corrected chi connectivity index (χ0v) is 12.2. The molecule has 0 aliphatic carbocycles. The number of hydrogen-bond acceptors (Lipinski definition) is 3. The van der Waals surface area contributed by atoms with Gasteiger partial charge in [0.15, 0.2) is 0 Å². The molecule has 2 N–H and O–H groups in total. The molecule has 0 saturated carbocycles. The van der Waals surface area contributed by atoms with Crippen molar-refractivity contribution in [1.82, 2.24) is 10.6 Å². The standard InChI is InChI=1S/C14H26N2O2/c1-13(2,3)18-12(17)16-10-14(4,5)11-6-8-15-9-7-11/h6,15H,7-10H2,1-5H3,(H,16,17). The first kappa shape index (κ1) is 15.0. The largest absolute Gasteiger partial charge is 0.444 e. The fourth-order valence-corrected chi connectivity index (χ4v) is 1.96. The van der Waals surface area contributed by atoms with Crippen LogP contribution < -0.4 is 10.6 Å². The average molecular weight is 254 g/mol. The van der Waals surface area contributed by atoms with Crippen LogP contribution in [0.25, 0.3) is 0 Å². The quantitative estimate of drug-likeness (QED) is 0.761. The minimum absolute atomic E-state index is 0.0149. The third-order valence-electron chi connectivity index (χ3n) is 3.01. The summed E-state index contributed by atoms with van der Waals surface area (Å²) >= 11 is 0. The molecule has 0 aromatic rings. The zero-order chi connectivity index (χ0) is 13.8. The van der Waals surface area contributed by atoms with Crippen molar-refractivity contribution in [3.8, 4) is 0 Å². The maximum atomic E-state index is 11.6. The van der Waals surface area contributed by atoms with Crippen LogP contribution in [0.1, 0.15) is 41.0 Å². The van der Waals surface area contributed by atoms with Crippen LogP contribution in [0.3, 0.4) is 0 Å². The predicted molar refractivity (Wildman–Crippen MR) is 73.6 cm³/mol. The van der Waals surface area contributed by atoms with Crippen LogP contribution in [-0.2, 0) is 4.74 Å². The molecule has 0 aromatic carbocycles. The number of carbonyl (C=O) groups excluding carboxylic acids is 1. The molecule has 0 atom stereocenters. The summed E-state index contributed by atoms with van der Waals surface area (Å²) in [6.45, 7) is 12.5. The zero-order valence-electron chi connectivity index (χ0n) is 12.2.